The van der Waals surface area contributed by atoms with Gasteiger partial charge in [-0.3, -0.25) is 0 Å². The third-order valence-electron chi connectivity index (χ3n) is 4.00. The molecule has 0 saturated heterocycles. The van der Waals surface area contributed by atoms with E-state index in [0.717, 1.165) is 33.9 Å². The van der Waals surface area contributed by atoms with Gasteiger partial charge in [0.05, 0.1) is 11.4 Å². The summed E-state index contributed by atoms with van der Waals surface area (Å²) in [4.78, 5) is 8.45. The van der Waals surface area contributed by atoms with Gasteiger partial charge in [0.1, 0.15) is 5.82 Å². The Morgan fingerprint density at radius 2 is 1.16 bits per heavy atom. The average molecular weight is 548 g/mol. The third-order valence-corrected chi connectivity index (χ3v) is 5.44. The number of nitrogens with zero attached hydrogens (tertiary/aromatic N) is 1. The van der Waals surface area contributed by atoms with Crippen LogP contribution in [0.15, 0.2) is 78.9 Å². The van der Waals surface area contributed by atoms with E-state index in [1.54, 1.807) is 0 Å². The number of aromatic nitrogens is 2. The minimum Gasteiger partial charge on any atom is -0.337 e. The van der Waals surface area contributed by atoms with E-state index in [9.17, 15) is 0 Å². The first-order valence-corrected chi connectivity index (χ1v) is 10.0. The maximum Gasteiger partial charge on any atom is 0.138 e. The number of halogens is 2. The molecule has 0 saturated carbocycles. The largest absolute Gasteiger partial charge is 0.337 e. The van der Waals surface area contributed by atoms with Crippen molar-refractivity contribution in [1.82, 2.24) is 9.97 Å². The van der Waals surface area contributed by atoms with Gasteiger partial charge in [-0.1, -0.05) is 54.6 Å². The lowest BCUT2D eigenvalue weighted by Gasteiger charge is -2.04. The van der Waals surface area contributed by atoms with E-state index in [2.05, 4.69) is 111 Å². The lowest BCUT2D eigenvalue weighted by molar-refractivity contribution is 1.31. The predicted octanol–water partition coefficient (Wildman–Crippen LogP) is 6.62. The highest BCUT2D eigenvalue weighted by atomic mass is 127. The van der Waals surface area contributed by atoms with E-state index < -0.39 is 0 Å². The van der Waals surface area contributed by atoms with Crippen LogP contribution in [0.1, 0.15) is 0 Å². The zero-order valence-electron chi connectivity index (χ0n) is 13.2. The van der Waals surface area contributed by atoms with E-state index in [1.165, 1.54) is 7.14 Å². The fourth-order valence-corrected chi connectivity index (χ4v) is 3.47. The Kier molecular flexibility index (Phi) is 4.89. The topological polar surface area (TPSA) is 28.7 Å². The van der Waals surface area contributed by atoms with Crippen molar-refractivity contribution >= 4 is 45.2 Å². The summed E-state index contributed by atoms with van der Waals surface area (Å²) in [5, 5.41) is 0. The number of imidazole rings is 1. The summed E-state index contributed by atoms with van der Waals surface area (Å²) in [6.07, 6.45) is 0. The first-order chi connectivity index (χ1) is 12.2. The summed E-state index contributed by atoms with van der Waals surface area (Å²) < 4.78 is 2.44. The predicted molar refractivity (Wildman–Crippen MR) is 120 cm³/mol. The van der Waals surface area contributed by atoms with E-state index in [1.807, 2.05) is 18.2 Å². The van der Waals surface area contributed by atoms with Gasteiger partial charge >= 0.3 is 0 Å². The van der Waals surface area contributed by atoms with Crippen LogP contribution >= 0.6 is 45.2 Å². The van der Waals surface area contributed by atoms with Crippen LogP contribution in [0.5, 0.6) is 0 Å². The van der Waals surface area contributed by atoms with Gasteiger partial charge in [0.2, 0.25) is 0 Å². The molecule has 0 fully saturated rings. The molecular formula is C21H14I2N2. The molecule has 122 valence electrons. The second-order valence-corrected chi connectivity index (χ2v) is 8.18. The third kappa shape index (κ3) is 3.64. The van der Waals surface area contributed by atoms with Crippen LogP contribution in [0.25, 0.3) is 33.9 Å². The molecule has 2 nitrogen and oxygen atoms in total. The maximum absolute atomic E-state index is 4.92. The molecular weight excluding hydrogens is 534 g/mol. The fraction of sp³-hybridized carbons (Fsp3) is 0. The minimum absolute atomic E-state index is 0.891. The molecule has 4 aromatic rings. The lowest BCUT2D eigenvalue weighted by atomic mass is 10.1. The molecule has 0 aliphatic rings. The summed E-state index contributed by atoms with van der Waals surface area (Å²) in [5.74, 6) is 0.891. The first kappa shape index (κ1) is 16.8. The van der Waals surface area contributed by atoms with Gasteiger partial charge in [-0.25, -0.2) is 4.98 Å². The SMILES string of the molecule is Ic1ccc(-c2nc(-c3ccccc3)[nH]c2-c2ccc(I)cc2)cc1. The van der Waals surface area contributed by atoms with Crippen molar-refractivity contribution < 1.29 is 0 Å². The Balaban J connectivity index is 1.89. The van der Waals surface area contributed by atoms with Crippen LogP contribution in [-0.4, -0.2) is 9.97 Å². The van der Waals surface area contributed by atoms with Crippen molar-refractivity contribution in [2.24, 2.45) is 0 Å². The van der Waals surface area contributed by atoms with Crippen LogP contribution in [0, 0.1) is 7.14 Å². The van der Waals surface area contributed by atoms with Gasteiger partial charge in [-0.15, -0.1) is 0 Å². The maximum atomic E-state index is 4.92. The number of rotatable bonds is 3. The summed E-state index contributed by atoms with van der Waals surface area (Å²) in [6, 6.07) is 27.3. The Hall–Kier alpha value is -1.67. The van der Waals surface area contributed by atoms with Gasteiger partial charge in [-0.05, 0) is 69.4 Å². The Morgan fingerprint density at radius 3 is 1.76 bits per heavy atom. The number of hydrogen-bond donors (Lipinski definition) is 1. The molecule has 0 aliphatic heterocycles. The number of hydrogen-bond acceptors (Lipinski definition) is 1. The highest BCUT2D eigenvalue weighted by Crippen LogP contribution is 2.33. The van der Waals surface area contributed by atoms with E-state index in [4.69, 9.17) is 4.98 Å². The van der Waals surface area contributed by atoms with Gasteiger partial charge in [0.25, 0.3) is 0 Å². The van der Waals surface area contributed by atoms with Crippen LogP contribution in [0.3, 0.4) is 0 Å². The smallest absolute Gasteiger partial charge is 0.138 e. The average Bonchev–Trinajstić information content (AvgIpc) is 3.09. The molecule has 1 heterocycles. The molecule has 1 aromatic heterocycles. The zero-order valence-corrected chi connectivity index (χ0v) is 17.5. The van der Waals surface area contributed by atoms with Crippen molar-refractivity contribution in [2.75, 3.05) is 0 Å². The Morgan fingerprint density at radius 1 is 0.600 bits per heavy atom. The fourth-order valence-electron chi connectivity index (χ4n) is 2.75. The van der Waals surface area contributed by atoms with Crippen LogP contribution in [0.4, 0.5) is 0 Å². The molecule has 0 bridgehead atoms. The van der Waals surface area contributed by atoms with Gasteiger partial charge in [-0.2, -0.15) is 0 Å². The summed E-state index contributed by atoms with van der Waals surface area (Å²) in [5.41, 5.74) is 5.38. The standard InChI is InChI=1S/C21H14I2N2/c22-17-10-6-14(7-11-17)19-20(15-8-12-18(23)13-9-15)25-21(24-19)16-4-2-1-3-5-16/h1-13H,(H,24,25). The van der Waals surface area contributed by atoms with Crippen molar-refractivity contribution in [2.45, 2.75) is 0 Å². The lowest BCUT2D eigenvalue weighted by Crippen LogP contribution is -1.84. The highest BCUT2D eigenvalue weighted by Gasteiger charge is 2.15. The molecule has 0 aliphatic carbocycles. The summed E-state index contributed by atoms with van der Waals surface area (Å²) >= 11 is 4.65. The molecule has 1 N–H and O–H groups in total. The molecule has 0 amide bonds. The quantitative estimate of drug-likeness (QED) is 0.287. The van der Waals surface area contributed by atoms with E-state index in [-0.39, 0.29) is 0 Å². The number of benzene rings is 3. The molecule has 0 spiro atoms. The minimum atomic E-state index is 0.891. The number of H-pyrrole nitrogens is 1. The summed E-state index contributed by atoms with van der Waals surface area (Å²) in [6.45, 7) is 0. The summed E-state index contributed by atoms with van der Waals surface area (Å²) in [7, 11) is 0. The molecule has 25 heavy (non-hydrogen) atoms. The molecule has 3 aromatic carbocycles. The second kappa shape index (κ2) is 7.29. The first-order valence-electron chi connectivity index (χ1n) is 7.88. The van der Waals surface area contributed by atoms with Crippen molar-refractivity contribution in [3.8, 4) is 33.9 Å². The van der Waals surface area contributed by atoms with Gasteiger partial charge in [0.15, 0.2) is 0 Å². The molecule has 0 atom stereocenters. The van der Waals surface area contributed by atoms with Crippen LogP contribution < -0.4 is 0 Å². The van der Waals surface area contributed by atoms with Crippen molar-refractivity contribution in [3.63, 3.8) is 0 Å². The van der Waals surface area contributed by atoms with Crippen molar-refractivity contribution in [3.05, 3.63) is 86.0 Å². The Bertz CT molecular complexity index is 926. The monoisotopic (exact) mass is 548 g/mol. The molecule has 0 radical (unpaired) electrons. The van der Waals surface area contributed by atoms with Crippen LogP contribution in [-0.2, 0) is 0 Å². The zero-order chi connectivity index (χ0) is 17.2. The number of nitrogens with one attached hydrogen (secondary N) is 1. The Labute approximate surface area is 174 Å². The highest BCUT2D eigenvalue weighted by molar-refractivity contribution is 14.1. The van der Waals surface area contributed by atoms with Gasteiger partial charge < -0.3 is 4.98 Å². The van der Waals surface area contributed by atoms with E-state index >= 15 is 0 Å². The normalized spacial score (nSPS) is 10.8. The van der Waals surface area contributed by atoms with Crippen LogP contribution in [0.2, 0.25) is 0 Å². The second-order valence-electron chi connectivity index (χ2n) is 5.69. The van der Waals surface area contributed by atoms with Gasteiger partial charge in [0, 0.05) is 23.8 Å². The molecule has 4 heteroatoms. The number of aromatic amines is 1. The van der Waals surface area contributed by atoms with Crippen molar-refractivity contribution in [1.29, 1.82) is 0 Å². The molecule has 4 rings (SSSR count). The molecule has 0 unspecified atom stereocenters. The van der Waals surface area contributed by atoms with E-state index in [0.29, 0.717) is 0 Å².